The first-order chi connectivity index (χ1) is 7.22. The summed E-state index contributed by atoms with van der Waals surface area (Å²) in [5, 5.41) is 11.4. The number of aliphatic hydroxyl groups is 1. The third-order valence-electron chi connectivity index (χ3n) is 1.94. The molecule has 1 aromatic rings. The van der Waals surface area contributed by atoms with Gasteiger partial charge in [0.1, 0.15) is 0 Å². The molecule has 1 rings (SSSR count). The van der Waals surface area contributed by atoms with Crippen molar-refractivity contribution in [2.45, 2.75) is 19.3 Å². The molecule has 0 saturated carbocycles. The van der Waals surface area contributed by atoms with Gasteiger partial charge in [0.25, 0.3) is 0 Å². The Morgan fingerprint density at radius 2 is 1.93 bits per heavy atom. The minimum atomic E-state index is 0.00431. The molecular weight excluding hydrogens is 305 g/mol. The van der Waals surface area contributed by atoms with E-state index in [1.807, 2.05) is 24.3 Å². The lowest BCUT2D eigenvalue weighted by atomic mass is 10.2. The zero-order valence-electron chi connectivity index (χ0n) is 8.37. The number of halogens is 1. The van der Waals surface area contributed by atoms with Crippen LogP contribution >= 0.6 is 22.6 Å². The first kappa shape index (κ1) is 12.4. The van der Waals surface area contributed by atoms with E-state index in [0.29, 0.717) is 12.8 Å². The molecule has 0 aliphatic carbocycles. The lowest BCUT2D eigenvalue weighted by Gasteiger charge is -2.04. The molecule has 0 aliphatic heterocycles. The molecule has 0 fully saturated rings. The second kappa shape index (κ2) is 6.79. The van der Waals surface area contributed by atoms with Crippen molar-refractivity contribution in [1.29, 1.82) is 0 Å². The highest BCUT2D eigenvalue weighted by molar-refractivity contribution is 14.1. The molecule has 82 valence electrons. The summed E-state index contributed by atoms with van der Waals surface area (Å²) < 4.78 is 1.14. The number of benzene rings is 1. The van der Waals surface area contributed by atoms with Crippen molar-refractivity contribution in [3.05, 3.63) is 27.8 Å². The van der Waals surface area contributed by atoms with Crippen LogP contribution in [0.1, 0.15) is 19.3 Å². The van der Waals surface area contributed by atoms with E-state index in [2.05, 4.69) is 27.9 Å². The van der Waals surface area contributed by atoms with E-state index in [1.165, 1.54) is 0 Å². The number of anilines is 1. The fourth-order valence-corrected chi connectivity index (χ4v) is 1.51. The fraction of sp³-hybridized carbons (Fsp3) is 0.364. The molecule has 1 aromatic carbocycles. The van der Waals surface area contributed by atoms with Crippen molar-refractivity contribution < 1.29 is 9.90 Å². The Bertz CT molecular complexity index is 311. The van der Waals surface area contributed by atoms with Crippen molar-refractivity contribution in [3.63, 3.8) is 0 Å². The van der Waals surface area contributed by atoms with Gasteiger partial charge >= 0.3 is 0 Å². The quantitative estimate of drug-likeness (QED) is 0.647. The van der Waals surface area contributed by atoms with Gasteiger partial charge < -0.3 is 10.4 Å². The standard InChI is InChI=1S/C11H14INO2/c12-9-4-6-10(7-5-9)13-11(15)3-1-2-8-14/h4-7,14H,1-3,8H2,(H,13,15). The maximum atomic E-state index is 11.4. The monoisotopic (exact) mass is 319 g/mol. The molecule has 0 atom stereocenters. The molecule has 0 heterocycles. The van der Waals surface area contributed by atoms with Gasteiger partial charge in [-0.15, -0.1) is 0 Å². The second-order valence-corrected chi connectivity index (χ2v) is 4.48. The van der Waals surface area contributed by atoms with E-state index in [9.17, 15) is 4.79 Å². The number of unbranched alkanes of at least 4 members (excludes halogenated alkanes) is 1. The van der Waals surface area contributed by atoms with Gasteiger partial charge in [-0.05, 0) is 59.7 Å². The SMILES string of the molecule is O=C(CCCCO)Nc1ccc(I)cc1. The molecule has 2 N–H and O–H groups in total. The maximum Gasteiger partial charge on any atom is 0.224 e. The number of hydrogen-bond acceptors (Lipinski definition) is 2. The number of carbonyl (C=O) groups is 1. The summed E-state index contributed by atoms with van der Waals surface area (Å²) in [6.07, 6.45) is 1.87. The number of carbonyl (C=O) groups excluding carboxylic acids is 1. The van der Waals surface area contributed by atoms with Crippen molar-refractivity contribution in [3.8, 4) is 0 Å². The molecule has 0 radical (unpaired) electrons. The predicted octanol–water partition coefficient (Wildman–Crippen LogP) is 2.39. The summed E-state index contributed by atoms with van der Waals surface area (Å²) in [6.45, 7) is 0.150. The Hall–Kier alpha value is -0.620. The van der Waals surface area contributed by atoms with Crippen LogP contribution in [0, 0.1) is 3.57 Å². The van der Waals surface area contributed by atoms with Crippen molar-refractivity contribution in [2.24, 2.45) is 0 Å². The lowest BCUT2D eigenvalue weighted by Crippen LogP contribution is -2.11. The third kappa shape index (κ3) is 5.13. The second-order valence-electron chi connectivity index (χ2n) is 3.24. The van der Waals surface area contributed by atoms with Crippen LogP contribution in [0.2, 0.25) is 0 Å². The number of hydrogen-bond donors (Lipinski definition) is 2. The Morgan fingerprint density at radius 3 is 2.53 bits per heavy atom. The molecule has 0 spiro atoms. The number of rotatable bonds is 5. The van der Waals surface area contributed by atoms with Crippen molar-refractivity contribution in [2.75, 3.05) is 11.9 Å². The predicted molar refractivity (Wildman–Crippen MR) is 68.7 cm³/mol. The van der Waals surface area contributed by atoms with Gasteiger partial charge in [-0.1, -0.05) is 0 Å². The first-order valence-corrected chi connectivity index (χ1v) is 5.96. The zero-order chi connectivity index (χ0) is 11.1. The third-order valence-corrected chi connectivity index (χ3v) is 2.66. The van der Waals surface area contributed by atoms with Crippen molar-refractivity contribution in [1.82, 2.24) is 0 Å². The highest BCUT2D eigenvalue weighted by Gasteiger charge is 2.01. The van der Waals surface area contributed by atoms with Gasteiger partial charge in [0.05, 0.1) is 0 Å². The fourth-order valence-electron chi connectivity index (χ4n) is 1.15. The zero-order valence-corrected chi connectivity index (χ0v) is 10.5. The van der Waals surface area contributed by atoms with Crippen LogP contribution in [0.5, 0.6) is 0 Å². The molecule has 0 aliphatic rings. The van der Waals surface area contributed by atoms with Gasteiger partial charge in [-0.2, -0.15) is 0 Å². The van der Waals surface area contributed by atoms with E-state index in [0.717, 1.165) is 15.7 Å². The topological polar surface area (TPSA) is 49.3 Å². The van der Waals surface area contributed by atoms with Gasteiger partial charge in [0.15, 0.2) is 0 Å². The van der Waals surface area contributed by atoms with E-state index in [-0.39, 0.29) is 12.5 Å². The Kier molecular flexibility index (Phi) is 5.63. The van der Waals surface area contributed by atoms with Crippen LogP contribution in [-0.2, 0) is 4.79 Å². The van der Waals surface area contributed by atoms with E-state index in [4.69, 9.17) is 5.11 Å². The molecule has 0 saturated heterocycles. The average Bonchev–Trinajstić information content (AvgIpc) is 2.22. The highest BCUT2D eigenvalue weighted by atomic mass is 127. The van der Waals surface area contributed by atoms with E-state index in [1.54, 1.807) is 0 Å². The summed E-state index contributed by atoms with van der Waals surface area (Å²) in [5.74, 6) is 0.00431. The summed E-state index contributed by atoms with van der Waals surface area (Å²) in [5.41, 5.74) is 0.824. The van der Waals surface area contributed by atoms with Gasteiger partial charge in [0.2, 0.25) is 5.91 Å². The van der Waals surface area contributed by atoms with Gasteiger partial charge in [-0.3, -0.25) is 4.79 Å². The smallest absolute Gasteiger partial charge is 0.224 e. The Labute approximate surface area is 103 Å². The van der Waals surface area contributed by atoms with Crippen LogP contribution in [0.3, 0.4) is 0 Å². The van der Waals surface area contributed by atoms with Crippen molar-refractivity contribution >= 4 is 34.2 Å². The summed E-state index contributed by atoms with van der Waals surface area (Å²) in [6, 6.07) is 7.66. The summed E-state index contributed by atoms with van der Waals surface area (Å²) >= 11 is 2.22. The number of amides is 1. The average molecular weight is 319 g/mol. The van der Waals surface area contributed by atoms with E-state index >= 15 is 0 Å². The maximum absolute atomic E-state index is 11.4. The number of aliphatic hydroxyl groups excluding tert-OH is 1. The molecule has 3 nitrogen and oxygen atoms in total. The number of nitrogens with one attached hydrogen (secondary N) is 1. The van der Waals surface area contributed by atoms with Gasteiger partial charge in [-0.25, -0.2) is 0 Å². The molecule has 4 heteroatoms. The van der Waals surface area contributed by atoms with Crippen LogP contribution in [0.25, 0.3) is 0 Å². The van der Waals surface area contributed by atoms with Crippen LogP contribution in [0.4, 0.5) is 5.69 Å². The minimum absolute atomic E-state index is 0.00431. The lowest BCUT2D eigenvalue weighted by molar-refractivity contribution is -0.116. The van der Waals surface area contributed by atoms with Crippen LogP contribution in [-0.4, -0.2) is 17.6 Å². The molecule has 1 amide bonds. The minimum Gasteiger partial charge on any atom is -0.396 e. The molecule has 0 unspecified atom stereocenters. The first-order valence-electron chi connectivity index (χ1n) is 4.88. The van der Waals surface area contributed by atoms with Crippen LogP contribution in [0.15, 0.2) is 24.3 Å². The van der Waals surface area contributed by atoms with Crippen LogP contribution < -0.4 is 5.32 Å². The molecule has 0 aromatic heterocycles. The Morgan fingerprint density at radius 1 is 1.27 bits per heavy atom. The normalized spacial score (nSPS) is 10.0. The summed E-state index contributed by atoms with van der Waals surface area (Å²) in [7, 11) is 0. The van der Waals surface area contributed by atoms with Gasteiger partial charge in [0, 0.05) is 22.3 Å². The Balaban J connectivity index is 2.34. The molecule has 0 bridgehead atoms. The highest BCUT2D eigenvalue weighted by Crippen LogP contribution is 2.11. The summed E-state index contributed by atoms with van der Waals surface area (Å²) in [4.78, 5) is 11.4. The largest absolute Gasteiger partial charge is 0.396 e. The molecule has 15 heavy (non-hydrogen) atoms. The van der Waals surface area contributed by atoms with E-state index < -0.39 is 0 Å². The molecular formula is C11H14INO2.